The Morgan fingerprint density at radius 2 is 1.48 bits per heavy atom. The molecular weight excluding hydrogens is 324 g/mol. The molecule has 0 saturated heterocycles. The standard InChI is InChI=1S/C19H18O6/c1-12(20)25-15-6-4-14(5-7-15)18(19(21)22)10-13-8-16(23-2)11-17(9-13)24-3/h4-11H,1-3H3,(H,21,22)/b18-10+. The fourth-order valence-corrected chi connectivity index (χ4v) is 2.22. The molecule has 0 heterocycles. The third-order valence-corrected chi connectivity index (χ3v) is 3.34. The van der Waals surface area contributed by atoms with Crippen molar-refractivity contribution in [2.45, 2.75) is 6.92 Å². The van der Waals surface area contributed by atoms with E-state index < -0.39 is 11.9 Å². The fraction of sp³-hybridized carbons (Fsp3) is 0.158. The normalized spacial score (nSPS) is 10.9. The lowest BCUT2D eigenvalue weighted by Crippen LogP contribution is -2.02. The zero-order valence-corrected chi connectivity index (χ0v) is 14.1. The maximum atomic E-state index is 11.7. The lowest BCUT2D eigenvalue weighted by molar-refractivity contribution is -0.132. The number of hydrogen-bond donors (Lipinski definition) is 1. The molecule has 0 unspecified atom stereocenters. The van der Waals surface area contributed by atoms with Gasteiger partial charge in [0.15, 0.2) is 0 Å². The van der Waals surface area contributed by atoms with Gasteiger partial charge in [0.2, 0.25) is 0 Å². The Kier molecular flexibility index (Phi) is 5.79. The molecule has 6 heteroatoms. The largest absolute Gasteiger partial charge is 0.497 e. The van der Waals surface area contributed by atoms with Crippen LogP contribution in [0.25, 0.3) is 11.6 Å². The van der Waals surface area contributed by atoms with Crippen LogP contribution in [-0.4, -0.2) is 31.3 Å². The lowest BCUT2D eigenvalue weighted by Gasteiger charge is -2.08. The van der Waals surface area contributed by atoms with E-state index in [0.29, 0.717) is 28.4 Å². The number of benzene rings is 2. The number of carbonyl (C=O) groups excluding carboxylic acids is 1. The van der Waals surface area contributed by atoms with Gasteiger partial charge in [-0.2, -0.15) is 0 Å². The third kappa shape index (κ3) is 4.84. The van der Waals surface area contributed by atoms with Crippen molar-refractivity contribution in [2.75, 3.05) is 14.2 Å². The van der Waals surface area contributed by atoms with E-state index in [1.165, 1.54) is 27.2 Å². The van der Waals surface area contributed by atoms with Crippen LogP contribution in [0.5, 0.6) is 17.2 Å². The molecule has 130 valence electrons. The molecule has 0 radical (unpaired) electrons. The van der Waals surface area contributed by atoms with Gasteiger partial charge in [-0.05, 0) is 41.5 Å². The number of carboxylic acid groups (broad SMARTS) is 1. The molecule has 2 aromatic rings. The molecule has 0 aromatic heterocycles. The summed E-state index contributed by atoms with van der Waals surface area (Å²) in [7, 11) is 3.04. The number of carbonyl (C=O) groups is 2. The van der Waals surface area contributed by atoms with Crippen LogP contribution in [0.2, 0.25) is 0 Å². The number of hydrogen-bond acceptors (Lipinski definition) is 5. The molecule has 0 aliphatic rings. The molecule has 0 aliphatic heterocycles. The van der Waals surface area contributed by atoms with Crippen molar-refractivity contribution in [3.05, 3.63) is 53.6 Å². The van der Waals surface area contributed by atoms with Gasteiger partial charge in [0.1, 0.15) is 17.2 Å². The van der Waals surface area contributed by atoms with Crippen molar-refractivity contribution in [1.82, 2.24) is 0 Å². The van der Waals surface area contributed by atoms with Crippen LogP contribution < -0.4 is 14.2 Å². The summed E-state index contributed by atoms with van der Waals surface area (Å²) in [6.07, 6.45) is 1.52. The smallest absolute Gasteiger partial charge is 0.336 e. The molecule has 0 atom stereocenters. The summed E-state index contributed by atoms with van der Waals surface area (Å²) < 4.78 is 15.3. The first-order chi connectivity index (χ1) is 11.9. The number of carboxylic acids is 1. The quantitative estimate of drug-likeness (QED) is 0.375. The molecular formula is C19H18O6. The molecule has 25 heavy (non-hydrogen) atoms. The van der Waals surface area contributed by atoms with E-state index in [1.54, 1.807) is 42.5 Å². The van der Waals surface area contributed by atoms with Crippen LogP contribution in [0.4, 0.5) is 0 Å². The van der Waals surface area contributed by atoms with Gasteiger partial charge in [-0.15, -0.1) is 0 Å². The minimum atomic E-state index is -1.08. The Bertz CT molecular complexity index is 783. The molecule has 0 amide bonds. The first kappa shape index (κ1) is 18.1. The molecule has 0 bridgehead atoms. The van der Waals surface area contributed by atoms with E-state index in [9.17, 15) is 14.7 Å². The van der Waals surface area contributed by atoms with Crippen LogP contribution in [0.15, 0.2) is 42.5 Å². The van der Waals surface area contributed by atoms with Crippen molar-refractivity contribution in [1.29, 1.82) is 0 Å². The number of esters is 1. The summed E-state index contributed by atoms with van der Waals surface area (Å²) in [6.45, 7) is 1.30. The minimum absolute atomic E-state index is 0.0877. The summed E-state index contributed by atoms with van der Waals surface area (Å²) >= 11 is 0. The molecule has 2 rings (SSSR count). The van der Waals surface area contributed by atoms with Gasteiger partial charge in [0.25, 0.3) is 0 Å². The van der Waals surface area contributed by atoms with Crippen LogP contribution in [0, 0.1) is 0 Å². The summed E-state index contributed by atoms with van der Waals surface area (Å²) in [4.78, 5) is 22.6. The number of aliphatic carboxylic acids is 1. The van der Waals surface area contributed by atoms with E-state index in [-0.39, 0.29) is 5.57 Å². The van der Waals surface area contributed by atoms with Crippen molar-refractivity contribution in [3.63, 3.8) is 0 Å². The van der Waals surface area contributed by atoms with Gasteiger partial charge < -0.3 is 19.3 Å². The molecule has 2 aromatic carbocycles. The average molecular weight is 342 g/mol. The summed E-state index contributed by atoms with van der Waals surface area (Å²) in [5.41, 5.74) is 1.19. The van der Waals surface area contributed by atoms with E-state index in [1.807, 2.05) is 0 Å². The topological polar surface area (TPSA) is 82.1 Å². The Morgan fingerprint density at radius 1 is 0.920 bits per heavy atom. The van der Waals surface area contributed by atoms with Crippen LogP contribution in [0.3, 0.4) is 0 Å². The Labute approximate surface area is 145 Å². The highest BCUT2D eigenvalue weighted by Gasteiger charge is 2.12. The number of ether oxygens (including phenoxy) is 3. The Morgan fingerprint density at radius 3 is 1.92 bits per heavy atom. The SMILES string of the molecule is COc1cc(/C=C(/C(=O)O)c2ccc(OC(C)=O)cc2)cc(OC)c1. The van der Waals surface area contributed by atoms with Crippen molar-refractivity contribution < 1.29 is 28.9 Å². The van der Waals surface area contributed by atoms with Crippen LogP contribution >= 0.6 is 0 Å². The minimum Gasteiger partial charge on any atom is -0.497 e. The molecule has 0 saturated carbocycles. The highest BCUT2D eigenvalue weighted by Crippen LogP contribution is 2.27. The predicted molar refractivity (Wildman–Crippen MR) is 92.8 cm³/mol. The first-order valence-corrected chi connectivity index (χ1v) is 7.40. The summed E-state index contributed by atoms with van der Waals surface area (Å²) in [5, 5.41) is 9.54. The van der Waals surface area contributed by atoms with E-state index >= 15 is 0 Å². The highest BCUT2D eigenvalue weighted by atomic mass is 16.5. The van der Waals surface area contributed by atoms with Crippen molar-refractivity contribution >= 4 is 23.6 Å². The first-order valence-electron chi connectivity index (χ1n) is 7.40. The second kappa shape index (κ2) is 8.01. The van der Waals surface area contributed by atoms with E-state index in [4.69, 9.17) is 14.2 Å². The lowest BCUT2D eigenvalue weighted by atomic mass is 10.0. The molecule has 0 fully saturated rings. The van der Waals surface area contributed by atoms with Gasteiger partial charge in [0.05, 0.1) is 19.8 Å². The van der Waals surface area contributed by atoms with E-state index in [0.717, 1.165) is 0 Å². The summed E-state index contributed by atoms with van der Waals surface area (Å²) in [6, 6.07) is 11.4. The third-order valence-electron chi connectivity index (χ3n) is 3.34. The maximum Gasteiger partial charge on any atom is 0.336 e. The molecule has 0 spiro atoms. The molecule has 6 nitrogen and oxygen atoms in total. The Balaban J connectivity index is 2.42. The maximum absolute atomic E-state index is 11.7. The van der Waals surface area contributed by atoms with Crippen molar-refractivity contribution in [3.8, 4) is 17.2 Å². The zero-order valence-electron chi connectivity index (χ0n) is 14.1. The summed E-state index contributed by atoms with van der Waals surface area (Å²) in [5.74, 6) is -0.0580. The molecule has 1 N–H and O–H groups in total. The van der Waals surface area contributed by atoms with E-state index in [2.05, 4.69) is 0 Å². The van der Waals surface area contributed by atoms with Gasteiger partial charge >= 0.3 is 11.9 Å². The second-order valence-electron chi connectivity index (χ2n) is 5.13. The highest BCUT2D eigenvalue weighted by molar-refractivity contribution is 6.20. The van der Waals surface area contributed by atoms with Crippen molar-refractivity contribution in [2.24, 2.45) is 0 Å². The predicted octanol–water partition coefficient (Wildman–Crippen LogP) is 3.25. The van der Waals surface area contributed by atoms with Gasteiger partial charge in [-0.3, -0.25) is 4.79 Å². The average Bonchev–Trinajstić information content (AvgIpc) is 2.59. The zero-order chi connectivity index (χ0) is 18.4. The van der Waals surface area contributed by atoms with Gasteiger partial charge in [0, 0.05) is 13.0 Å². The number of methoxy groups -OCH3 is 2. The fourth-order valence-electron chi connectivity index (χ4n) is 2.22. The van der Waals surface area contributed by atoms with Gasteiger partial charge in [-0.1, -0.05) is 12.1 Å². The van der Waals surface area contributed by atoms with Crippen LogP contribution in [0.1, 0.15) is 18.1 Å². The number of rotatable bonds is 6. The van der Waals surface area contributed by atoms with Gasteiger partial charge in [-0.25, -0.2) is 4.79 Å². The Hall–Kier alpha value is -3.28. The van der Waals surface area contributed by atoms with Crippen LogP contribution in [-0.2, 0) is 9.59 Å². The molecule has 0 aliphatic carbocycles. The second-order valence-corrected chi connectivity index (χ2v) is 5.13. The monoisotopic (exact) mass is 342 g/mol.